The largest absolute Gasteiger partial charge is 0.353 e. The lowest BCUT2D eigenvalue weighted by molar-refractivity contribution is -0.128. The number of carbonyl (C=O) groups excluding carboxylic acids is 8. The second-order valence-electron chi connectivity index (χ2n) is 55.0. The Hall–Kier alpha value is -5.82. The smallest absolute Gasteiger partial charge is 0.315 e. The number of rotatable bonds is 24. The van der Waals surface area contributed by atoms with E-state index in [0.29, 0.717) is 129 Å². The quantitative estimate of drug-likeness (QED) is 0.0471. The second-order valence-corrected chi connectivity index (χ2v) is 55.0. The number of primary amides is 1. The van der Waals surface area contributed by atoms with Gasteiger partial charge in [0.25, 0.3) is 0 Å². The Balaban J connectivity index is 0.000000409. The van der Waals surface area contributed by atoms with Gasteiger partial charge in [-0.05, 0) is 393 Å². The van der Waals surface area contributed by atoms with Crippen LogP contribution in [-0.2, 0) is 20.8 Å². The van der Waals surface area contributed by atoms with Crippen molar-refractivity contribution in [1.29, 1.82) is 0 Å². The number of hydrogen-bond donors (Lipinski definition) is 12. The molecule has 808 valence electrons. The van der Waals surface area contributed by atoms with Gasteiger partial charge in [-0.1, -0.05) is 223 Å². The fourth-order valence-corrected chi connectivity index (χ4v) is 23.7. The van der Waals surface area contributed by atoms with Crippen molar-refractivity contribution in [2.24, 2.45) is 114 Å². The lowest BCUT2D eigenvalue weighted by atomic mass is 9.68. The predicted octanol–water partition coefficient (Wildman–Crippen LogP) is 28.9. The fourth-order valence-electron chi connectivity index (χ4n) is 23.7. The van der Waals surface area contributed by atoms with Gasteiger partial charge < -0.3 is 64.2 Å². The third-order valence-corrected chi connectivity index (χ3v) is 29.9. The number of Topliss-reactive ketones (excluding diaryl/α,β-unsaturated/α-hetero) is 1. The molecule has 9 saturated carbocycles. The second kappa shape index (κ2) is 63.6. The van der Waals surface area contributed by atoms with E-state index in [1.165, 1.54) is 180 Å². The van der Waals surface area contributed by atoms with E-state index < -0.39 is 0 Å². The summed E-state index contributed by atoms with van der Waals surface area (Å²) in [7, 11) is 1.67. The highest BCUT2D eigenvalue weighted by Gasteiger charge is 2.37. The molecule has 20 nitrogen and oxygen atoms in total. The van der Waals surface area contributed by atoms with Gasteiger partial charge in [-0.25, -0.2) is 24.0 Å². The third-order valence-electron chi connectivity index (χ3n) is 29.9. The van der Waals surface area contributed by atoms with E-state index in [4.69, 9.17) is 5.73 Å². The molecule has 0 aromatic heterocycles. The van der Waals surface area contributed by atoms with Crippen LogP contribution in [0.15, 0.2) is 30.3 Å². The van der Waals surface area contributed by atoms with E-state index in [2.05, 4.69) is 232 Å². The minimum absolute atomic E-state index is 0.00762. The van der Waals surface area contributed by atoms with Crippen LogP contribution in [0.4, 0.5) is 24.0 Å². The SMILES string of the molecule is CC(C)(C)CC1CCC(NC(=O)C2CCC2)CC1.CC(C)(C)CC1CCC(NC(=O)Cc2ccccc2)CC1.CC(C)(C)CC1CCC(NC(N)=O)CC1.CC(C)NC(=O)NC1CCC(CC(C)(C)C)CC1.CCC(=O)CC1CCC(C)C(CC(C)(C)C)C1.CCNC(=O)NC1CCC(CC(C)(C)C)CC1.CCNC(=O)NC1CCC(CC(C)(C)C)CC1.CNC(=O)NC1CCC(CC(C)(C)C)CC1. The molecule has 0 heterocycles. The van der Waals surface area contributed by atoms with E-state index in [1.54, 1.807) is 7.05 Å². The molecule has 1 aromatic rings. The van der Waals surface area contributed by atoms with Crippen LogP contribution < -0.4 is 64.2 Å². The van der Waals surface area contributed by atoms with Crippen molar-refractivity contribution in [2.75, 3.05) is 20.1 Å². The molecular weight excluding hydrogens is 1730 g/mol. The van der Waals surface area contributed by atoms with Gasteiger partial charge in [0, 0.05) is 87.2 Å². The van der Waals surface area contributed by atoms with Crippen molar-refractivity contribution < 1.29 is 38.4 Å². The van der Waals surface area contributed by atoms with Gasteiger partial charge in [0.15, 0.2) is 0 Å². The molecule has 9 aliphatic carbocycles. The molecule has 0 bridgehead atoms. The van der Waals surface area contributed by atoms with E-state index >= 15 is 0 Å². The summed E-state index contributed by atoms with van der Waals surface area (Å²) in [5, 5.41) is 32.6. The summed E-state index contributed by atoms with van der Waals surface area (Å²) in [4.78, 5) is 91.8. The minimum Gasteiger partial charge on any atom is -0.353 e. The maximum Gasteiger partial charge on any atom is 0.315 e. The summed E-state index contributed by atoms with van der Waals surface area (Å²) >= 11 is 0. The topological polar surface area (TPSA) is 295 Å². The van der Waals surface area contributed by atoms with E-state index in [1.807, 2.05) is 65.0 Å². The Morgan fingerprint density at radius 2 is 0.604 bits per heavy atom. The third kappa shape index (κ3) is 65.3. The van der Waals surface area contributed by atoms with Gasteiger partial charge in [-0.15, -0.1) is 0 Å². The highest BCUT2D eigenvalue weighted by molar-refractivity contribution is 5.80. The van der Waals surface area contributed by atoms with Crippen LogP contribution in [-0.4, -0.2) is 116 Å². The molecule has 10 rings (SSSR count). The van der Waals surface area contributed by atoms with Gasteiger partial charge in [-0.2, -0.15) is 0 Å². The molecule has 0 spiro atoms. The number of urea groups is 5. The lowest BCUT2D eigenvalue weighted by Gasteiger charge is -2.37. The average molecular weight is 1950 g/mol. The zero-order chi connectivity index (χ0) is 105. The Morgan fingerprint density at radius 1 is 0.331 bits per heavy atom. The summed E-state index contributed by atoms with van der Waals surface area (Å²) in [6.45, 7) is 69.2. The summed E-state index contributed by atoms with van der Waals surface area (Å²) in [5.74, 6) is 9.59. The van der Waals surface area contributed by atoms with Crippen LogP contribution in [0.1, 0.15) is 496 Å². The van der Waals surface area contributed by atoms with Crippen LogP contribution in [0.3, 0.4) is 0 Å². The first-order valence-corrected chi connectivity index (χ1v) is 56.9. The maximum atomic E-state index is 12.1. The van der Waals surface area contributed by atoms with Crippen molar-refractivity contribution in [1.82, 2.24) is 58.5 Å². The van der Waals surface area contributed by atoms with Crippen molar-refractivity contribution in [3.8, 4) is 0 Å². The maximum absolute atomic E-state index is 12.1. The Kier molecular flexibility index (Phi) is 58.2. The molecule has 9 fully saturated rings. The van der Waals surface area contributed by atoms with E-state index in [-0.39, 0.29) is 42.1 Å². The zero-order valence-corrected chi connectivity index (χ0v) is 95.9. The Bertz CT molecular complexity index is 3460. The van der Waals surface area contributed by atoms with Gasteiger partial charge in [-0.3, -0.25) is 14.4 Å². The van der Waals surface area contributed by atoms with Crippen molar-refractivity contribution in [2.45, 2.75) is 545 Å². The predicted molar refractivity (Wildman–Crippen MR) is 588 cm³/mol. The molecular formula is C119H224N12O8. The fraction of sp³-hybridized carbons (Fsp3) is 0.882. The Morgan fingerprint density at radius 3 is 0.863 bits per heavy atom. The van der Waals surface area contributed by atoms with Crippen LogP contribution in [0.2, 0.25) is 0 Å². The number of benzene rings is 1. The first kappa shape index (κ1) is 127. The highest BCUT2D eigenvalue weighted by atomic mass is 16.2. The van der Waals surface area contributed by atoms with Crippen molar-refractivity contribution >= 4 is 47.8 Å². The minimum atomic E-state index is -0.380. The highest BCUT2D eigenvalue weighted by Crippen LogP contribution is 2.45. The number of ketones is 1. The summed E-state index contributed by atoms with van der Waals surface area (Å²) < 4.78 is 0. The van der Waals surface area contributed by atoms with Crippen molar-refractivity contribution in [3.05, 3.63) is 35.9 Å². The zero-order valence-electron chi connectivity index (χ0n) is 95.9. The van der Waals surface area contributed by atoms with Crippen LogP contribution in [0, 0.1) is 108 Å². The molecule has 0 saturated heterocycles. The number of nitrogens with two attached hydrogens (primary N) is 1. The number of nitrogens with one attached hydrogen (secondary N) is 11. The molecule has 1 aromatic carbocycles. The first-order chi connectivity index (χ1) is 64.5. The molecule has 12 amide bonds. The molecule has 3 atom stereocenters. The average Bonchev–Trinajstić information content (AvgIpc) is 0.833. The van der Waals surface area contributed by atoms with Gasteiger partial charge in [0.05, 0.1) is 6.42 Å². The summed E-state index contributed by atoms with van der Waals surface area (Å²) in [5.41, 5.74) is 9.67. The van der Waals surface area contributed by atoms with Crippen LogP contribution in [0.25, 0.3) is 0 Å². The molecule has 20 heteroatoms. The monoisotopic (exact) mass is 1950 g/mol. The van der Waals surface area contributed by atoms with Gasteiger partial charge in [0.2, 0.25) is 11.8 Å². The summed E-state index contributed by atoms with van der Waals surface area (Å²) in [6.07, 6.45) is 53.4. The van der Waals surface area contributed by atoms with Crippen LogP contribution in [0.5, 0.6) is 0 Å². The first-order valence-electron chi connectivity index (χ1n) is 56.9. The van der Waals surface area contributed by atoms with Crippen LogP contribution >= 0.6 is 0 Å². The molecule has 0 radical (unpaired) electrons. The number of amides is 12. The van der Waals surface area contributed by atoms with E-state index in [9.17, 15) is 38.4 Å². The van der Waals surface area contributed by atoms with Crippen molar-refractivity contribution in [3.63, 3.8) is 0 Å². The number of carbonyl (C=O) groups is 8. The molecule has 9 aliphatic rings. The van der Waals surface area contributed by atoms with Gasteiger partial charge >= 0.3 is 30.2 Å². The molecule has 13 N–H and O–H groups in total. The molecule has 3 unspecified atom stereocenters. The standard InChI is InChI=1S/C19H29NO.C16H29NO.C16H30O.C15H30N2O.2C14H28N2O.C13H26N2O.C12H24N2O/c1-19(2,3)14-16-9-11-17(12-10-16)20-18(21)13-15-7-5-4-6-8-15;1-16(2,3)11-12-7-9-14(10-8-12)17-15(18)13-5-4-6-13;1-6-15(17)10-13-8-7-12(2)14(9-13)11-16(3,4)5;1-11(2)16-14(18)17-13-8-6-12(7-9-13)10-15(3,4)5;2*1-5-15-13(17)16-12-8-6-11(7-9-12)10-14(2,3)4;1-13(2,3)9-10-5-7-11(8-6-10)15-12(16)14-4;1-12(2,3)8-9-4-6-10(7-5-9)14-11(13)15/h4-8,16-17H,9-14H2,1-3H3,(H,20,21);12-14H,4-11H2,1-3H3,(H,17,18);12-14H,6-11H2,1-5H3;11-13H,6-10H2,1-5H3,(H2,16,17,18);2*11-12H,5-10H2,1-4H3,(H2,15,16,17);10-11H,5-9H2,1-4H3,(H2,14,15,16);9-10H,4-8H2,1-3H3,(H3,13,14,15). The lowest BCUT2D eigenvalue weighted by Crippen LogP contribution is -2.45. The Labute approximate surface area is 854 Å². The summed E-state index contributed by atoms with van der Waals surface area (Å²) in [6, 6.07) is 12.5. The van der Waals surface area contributed by atoms with Gasteiger partial charge in [0.1, 0.15) is 5.78 Å². The normalized spacial score (nSPS) is 26.4. The molecule has 139 heavy (non-hydrogen) atoms. The van der Waals surface area contributed by atoms with E-state index in [0.717, 1.165) is 162 Å². The molecule has 0 aliphatic heterocycles. The number of hydrogen-bond acceptors (Lipinski definition) is 8.